The van der Waals surface area contributed by atoms with Crippen molar-refractivity contribution >= 4 is 28.4 Å². The minimum absolute atomic E-state index is 0.0118. The molecule has 0 radical (unpaired) electrons. The van der Waals surface area contributed by atoms with Crippen molar-refractivity contribution in [1.82, 2.24) is 15.6 Å². The molecule has 2 amide bonds. The molecule has 2 aliphatic carbocycles. The summed E-state index contributed by atoms with van der Waals surface area (Å²) in [6.07, 6.45) is 5.04. The highest BCUT2D eigenvalue weighted by atomic mass is 16.5. The van der Waals surface area contributed by atoms with Gasteiger partial charge in [-0.15, -0.1) is 0 Å². The normalized spacial score (nSPS) is 16.6. The number of hydrogen-bond acceptors (Lipinski definition) is 7. The van der Waals surface area contributed by atoms with Crippen LogP contribution in [0.1, 0.15) is 73.5 Å². The highest BCUT2D eigenvalue weighted by Crippen LogP contribution is 2.50. The number of ether oxygens (including phenoxy) is 3. The molecule has 6 rings (SSSR count). The van der Waals surface area contributed by atoms with Crippen LogP contribution in [0.4, 0.5) is 5.69 Å². The molecule has 4 N–H and O–H groups in total. The minimum Gasteiger partial charge on any atom is -0.493 e. The van der Waals surface area contributed by atoms with E-state index in [1.165, 1.54) is 17.9 Å². The lowest BCUT2D eigenvalue weighted by Gasteiger charge is -2.24. The summed E-state index contributed by atoms with van der Waals surface area (Å²) in [5.41, 5.74) is 6.96. The summed E-state index contributed by atoms with van der Waals surface area (Å²) in [7, 11) is 4.71. The number of carbonyl (C=O) groups excluding carboxylic acids is 2. The number of rotatable bonds is 10. The number of aryl methyl sites for hydroxylation is 2. The van der Waals surface area contributed by atoms with Crippen molar-refractivity contribution in [3.05, 3.63) is 81.1 Å². The van der Waals surface area contributed by atoms with E-state index in [0.29, 0.717) is 60.7 Å². The zero-order valence-electron chi connectivity index (χ0n) is 27.4. The van der Waals surface area contributed by atoms with Crippen LogP contribution in [0.3, 0.4) is 0 Å². The van der Waals surface area contributed by atoms with Crippen molar-refractivity contribution in [2.75, 3.05) is 33.2 Å². The summed E-state index contributed by atoms with van der Waals surface area (Å²) in [6.45, 7) is 1.92. The molecule has 10 nitrogen and oxygen atoms in total. The highest BCUT2D eigenvalue weighted by molar-refractivity contribution is 5.86. The SMILES string of the molecule is COc1cc2c(c(OC)c1OC)-c1ccc(NCCCC(=O)NC3CCCc4c3[nH]c3ccccc43)c(=O)cc1C(NC(C)=O)CC2. The first-order valence-corrected chi connectivity index (χ1v) is 16.2. The first kappa shape index (κ1) is 32.0. The van der Waals surface area contributed by atoms with E-state index in [1.807, 2.05) is 24.3 Å². The van der Waals surface area contributed by atoms with Gasteiger partial charge < -0.3 is 35.1 Å². The van der Waals surface area contributed by atoms with E-state index in [2.05, 4.69) is 33.1 Å². The average molecular weight is 639 g/mol. The fourth-order valence-corrected chi connectivity index (χ4v) is 7.15. The van der Waals surface area contributed by atoms with Crippen molar-refractivity contribution in [2.45, 2.75) is 64.0 Å². The topological polar surface area (TPSA) is 131 Å². The van der Waals surface area contributed by atoms with Gasteiger partial charge in [0.15, 0.2) is 11.5 Å². The molecule has 0 saturated carbocycles. The molecule has 10 heteroatoms. The Balaban J connectivity index is 1.20. The number of nitrogens with one attached hydrogen (secondary N) is 4. The summed E-state index contributed by atoms with van der Waals surface area (Å²) in [6, 6.07) is 15.0. The number of methoxy groups -OCH3 is 3. The van der Waals surface area contributed by atoms with Crippen LogP contribution in [0.5, 0.6) is 17.2 Å². The van der Waals surface area contributed by atoms with Crippen LogP contribution >= 0.6 is 0 Å². The highest BCUT2D eigenvalue weighted by Gasteiger charge is 2.30. The Hall–Kier alpha value is -4.99. The molecule has 3 aromatic carbocycles. The summed E-state index contributed by atoms with van der Waals surface area (Å²) >= 11 is 0. The van der Waals surface area contributed by atoms with Crippen LogP contribution in [-0.2, 0) is 22.4 Å². The van der Waals surface area contributed by atoms with Gasteiger partial charge in [0.25, 0.3) is 0 Å². The first-order valence-electron chi connectivity index (χ1n) is 16.2. The quantitative estimate of drug-likeness (QED) is 0.163. The molecular weight excluding hydrogens is 596 g/mol. The molecule has 2 aliphatic rings. The number of aromatic nitrogens is 1. The smallest absolute Gasteiger partial charge is 0.220 e. The molecule has 246 valence electrons. The Bertz CT molecular complexity index is 1880. The van der Waals surface area contributed by atoms with Gasteiger partial charge in [-0.3, -0.25) is 14.4 Å². The molecule has 2 unspecified atom stereocenters. The maximum atomic E-state index is 13.6. The molecule has 0 spiro atoms. The Kier molecular flexibility index (Phi) is 9.38. The van der Waals surface area contributed by atoms with Gasteiger partial charge in [0.2, 0.25) is 23.0 Å². The monoisotopic (exact) mass is 638 g/mol. The summed E-state index contributed by atoms with van der Waals surface area (Å²) in [5.74, 6) is 1.31. The van der Waals surface area contributed by atoms with E-state index in [1.54, 1.807) is 33.5 Å². The number of carbonyl (C=O) groups is 2. The molecule has 1 aromatic heterocycles. The number of aromatic amines is 1. The number of H-pyrrole nitrogens is 1. The lowest BCUT2D eigenvalue weighted by atomic mass is 9.91. The van der Waals surface area contributed by atoms with Crippen LogP contribution in [0.15, 0.2) is 53.3 Å². The lowest BCUT2D eigenvalue weighted by molar-refractivity contribution is -0.122. The standard InChI is InChI=1S/C37H42N4O6/c1-21(42)39-28-16-14-22-19-32(45-2)36(46-3)37(47-4)34(22)24-15-17-29(31(43)20-26(24)28)38-18-8-13-33(44)40-30-12-7-10-25-23-9-5-6-11-27(23)41-35(25)30/h5-6,9,11,15,17,19-20,28,30,41H,7-8,10,12-14,16,18H2,1-4H3,(H,38,43)(H,39,42)(H,40,44). The van der Waals surface area contributed by atoms with E-state index in [-0.39, 0.29) is 29.3 Å². The van der Waals surface area contributed by atoms with E-state index in [9.17, 15) is 14.4 Å². The third kappa shape index (κ3) is 6.37. The van der Waals surface area contributed by atoms with Crippen molar-refractivity contribution in [1.29, 1.82) is 0 Å². The molecule has 1 heterocycles. The van der Waals surface area contributed by atoms with Gasteiger partial charge in [0, 0.05) is 42.0 Å². The van der Waals surface area contributed by atoms with Crippen molar-refractivity contribution in [3.8, 4) is 28.4 Å². The van der Waals surface area contributed by atoms with Crippen LogP contribution < -0.4 is 35.6 Å². The zero-order valence-corrected chi connectivity index (χ0v) is 27.4. The Labute approximate surface area is 274 Å². The van der Waals surface area contributed by atoms with E-state index in [0.717, 1.165) is 47.2 Å². The van der Waals surface area contributed by atoms with Gasteiger partial charge in [-0.1, -0.05) is 24.3 Å². The first-order chi connectivity index (χ1) is 22.8. The Morgan fingerprint density at radius 1 is 0.915 bits per heavy atom. The fraction of sp³-hybridized carbons (Fsp3) is 0.378. The van der Waals surface area contributed by atoms with Crippen molar-refractivity contribution in [2.24, 2.45) is 0 Å². The van der Waals surface area contributed by atoms with Crippen LogP contribution in [0.25, 0.3) is 22.0 Å². The van der Waals surface area contributed by atoms with Gasteiger partial charge in [0.05, 0.1) is 39.1 Å². The number of benzene rings is 2. The zero-order chi connectivity index (χ0) is 33.1. The number of para-hydroxylation sites is 1. The van der Waals surface area contributed by atoms with Crippen molar-refractivity contribution < 1.29 is 23.8 Å². The molecule has 2 atom stereocenters. The van der Waals surface area contributed by atoms with Crippen LogP contribution in [0.2, 0.25) is 0 Å². The second-order valence-corrected chi connectivity index (χ2v) is 12.2. The van der Waals surface area contributed by atoms with Crippen LogP contribution in [-0.4, -0.2) is 44.7 Å². The van der Waals surface area contributed by atoms with E-state index >= 15 is 0 Å². The van der Waals surface area contributed by atoms with Gasteiger partial charge >= 0.3 is 0 Å². The Morgan fingerprint density at radius 2 is 1.72 bits per heavy atom. The van der Waals surface area contributed by atoms with Crippen molar-refractivity contribution in [3.63, 3.8) is 0 Å². The Morgan fingerprint density at radius 3 is 2.49 bits per heavy atom. The summed E-state index contributed by atoms with van der Waals surface area (Å²) in [4.78, 5) is 42.3. The molecule has 0 aliphatic heterocycles. The van der Waals surface area contributed by atoms with Gasteiger partial charge in [0.1, 0.15) is 0 Å². The van der Waals surface area contributed by atoms with E-state index < -0.39 is 0 Å². The van der Waals surface area contributed by atoms with E-state index in [4.69, 9.17) is 14.2 Å². The molecule has 0 fully saturated rings. The number of fused-ring (bicyclic) bond motifs is 6. The van der Waals surface area contributed by atoms with Gasteiger partial charge in [-0.2, -0.15) is 0 Å². The number of hydrogen-bond donors (Lipinski definition) is 4. The molecule has 47 heavy (non-hydrogen) atoms. The average Bonchev–Trinajstić information content (AvgIpc) is 3.30. The molecule has 0 saturated heterocycles. The lowest BCUT2D eigenvalue weighted by Crippen LogP contribution is -2.31. The molecule has 4 aromatic rings. The molecule has 0 bridgehead atoms. The summed E-state index contributed by atoms with van der Waals surface area (Å²) < 4.78 is 17.1. The van der Waals surface area contributed by atoms with Gasteiger partial charge in [-0.05, 0) is 85.0 Å². The third-order valence-corrected chi connectivity index (χ3v) is 9.26. The summed E-state index contributed by atoms with van der Waals surface area (Å²) in [5, 5.41) is 10.7. The second-order valence-electron chi connectivity index (χ2n) is 12.2. The number of anilines is 1. The third-order valence-electron chi connectivity index (χ3n) is 9.26. The predicted molar refractivity (Wildman–Crippen MR) is 183 cm³/mol. The predicted octanol–water partition coefficient (Wildman–Crippen LogP) is 5.73. The van der Waals surface area contributed by atoms with Gasteiger partial charge in [-0.25, -0.2) is 0 Å². The maximum absolute atomic E-state index is 13.6. The minimum atomic E-state index is -0.384. The fourth-order valence-electron chi connectivity index (χ4n) is 7.15. The largest absolute Gasteiger partial charge is 0.493 e. The maximum Gasteiger partial charge on any atom is 0.220 e. The molecular formula is C37H42N4O6. The van der Waals surface area contributed by atoms with Crippen LogP contribution in [0, 0.1) is 0 Å². The number of amides is 2. The second kappa shape index (κ2) is 13.8.